The van der Waals surface area contributed by atoms with Crippen LogP contribution in [-0.4, -0.2) is 9.78 Å². The lowest BCUT2D eigenvalue weighted by Gasteiger charge is -2.26. The Hall–Kier alpha value is -0.860. The van der Waals surface area contributed by atoms with Gasteiger partial charge in [-0.25, -0.2) is 0 Å². The van der Waals surface area contributed by atoms with E-state index in [1.165, 1.54) is 0 Å². The average molecular weight is 212 g/mol. The van der Waals surface area contributed by atoms with Crippen molar-refractivity contribution in [3.63, 3.8) is 0 Å². The summed E-state index contributed by atoms with van der Waals surface area (Å²) in [5, 5.41) is 3.89. The van der Waals surface area contributed by atoms with Crippen molar-refractivity contribution in [2.75, 3.05) is 0 Å². The van der Waals surface area contributed by atoms with E-state index in [9.17, 15) is 4.39 Å². The third-order valence-electron chi connectivity index (χ3n) is 2.46. The van der Waals surface area contributed by atoms with E-state index in [1.807, 2.05) is 20.8 Å². The highest BCUT2D eigenvalue weighted by atomic mass is 19.1. The van der Waals surface area contributed by atoms with E-state index in [1.54, 1.807) is 11.7 Å². The van der Waals surface area contributed by atoms with Crippen molar-refractivity contribution in [2.45, 2.75) is 52.4 Å². The first-order valence-electron chi connectivity index (χ1n) is 5.28. The first kappa shape index (κ1) is 12.2. The van der Waals surface area contributed by atoms with Crippen molar-refractivity contribution < 1.29 is 4.39 Å². The second-order valence-electron chi connectivity index (χ2n) is 6.14. The molecule has 0 unspecified atom stereocenters. The molecule has 1 aromatic heterocycles. The van der Waals surface area contributed by atoms with Crippen LogP contribution >= 0.6 is 0 Å². The van der Waals surface area contributed by atoms with Crippen molar-refractivity contribution in [1.29, 1.82) is 0 Å². The van der Waals surface area contributed by atoms with Crippen LogP contribution in [0.5, 0.6) is 0 Å². The van der Waals surface area contributed by atoms with Gasteiger partial charge in [0.05, 0.1) is 5.69 Å². The van der Waals surface area contributed by atoms with Crippen LogP contribution in [0.3, 0.4) is 0 Å². The normalized spacial score (nSPS) is 13.3. The predicted molar refractivity (Wildman–Crippen MR) is 60.6 cm³/mol. The summed E-state index contributed by atoms with van der Waals surface area (Å²) in [6.07, 6.45) is 0. The van der Waals surface area contributed by atoms with E-state index in [-0.39, 0.29) is 16.8 Å². The average Bonchev–Trinajstić information content (AvgIpc) is 2.22. The molecule has 1 heterocycles. The number of halogens is 1. The van der Waals surface area contributed by atoms with E-state index in [2.05, 4.69) is 25.9 Å². The maximum atomic E-state index is 13.8. The lowest BCUT2D eigenvalue weighted by atomic mass is 9.79. The SMILES string of the molecule is Cn1nc(F)c(C(C)(C)C)c1C(C)(C)C. The summed E-state index contributed by atoms with van der Waals surface area (Å²) < 4.78 is 15.4. The third-order valence-corrected chi connectivity index (χ3v) is 2.46. The topological polar surface area (TPSA) is 17.8 Å². The summed E-state index contributed by atoms with van der Waals surface area (Å²) in [7, 11) is 1.80. The molecule has 86 valence electrons. The zero-order valence-electron chi connectivity index (χ0n) is 10.8. The van der Waals surface area contributed by atoms with Crippen LogP contribution in [-0.2, 0) is 17.9 Å². The van der Waals surface area contributed by atoms with Gasteiger partial charge >= 0.3 is 0 Å². The Morgan fingerprint density at radius 2 is 1.47 bits per heavy atom. The van der Waals surface area contributed by atoms with Gasteiger partial charge in [0.25, 0.3) is 0 Å². The van der Waals surface area contributed by atoms with Crippen molar-refractivity contribution >= 4 is 0 Å². The van der Waals surface area contributed by atoms with Gasteiger partial charge in [0.15, 0.2) is 0 Å². The molecule has 2 nitrogen and oxygen atoms in total. The molecule has 0 atom stereocenters. The van der Waals surface area contributed by atoms with Crippen molar-refractivity contribution in [3.8, 4) is 0 Å². The summed E-state index contributed by atoms with van der Waals surface area (Å²) >= 11 is 0. The molecule has 0 bridgehead atoms. The Morgan fingerprint density at radius 3 is 1.73 bits per heavy atom. The van der Waals surface area contributed by atoms with Crippen LogP contribution in [0, 0.1) is 5.95 Å². The molecule has 0 saturated carbocycles. The monoisotopic (exact) mass is 212 g/mol. The lowest BCUT2D eigenvalue weighted by molar-refractivity contribution is 0.484. The smallest absolute Gasteiger partial charge is 0.236 e. The fraction of sp³-hybridized carbons (Fsp3) is 0.750. The molecule has 3 heteroatoms. The van der Waals surface area contributed by atoms with Gasteiger partial charge in [-0.15, -0.1) is 5.10 Å². The lowest BCUT2D eigenvalue weighted by Crippen LogP contribution is -2.24. The zero-order valence-corrected chi connectivity index (χ0v) is 10.8. The highest BCUT2D eigenvalue weighted by molar-refractivity contribution is 5.32. The first-order chi connectivity index (χ1) is 6.55. The number of hydrogen-bond donors (Lipinski definition) is 0. The zero-order chi connectivity index (χ0) is 12.0. The molecule has 1 aromatic rings. The molecule has 0 aromatic carbocycles. The summed E-state index contributed by atoms with van der Waals surface area (Å²) in [4.78, 5) is 0. The van der Waals surface area contributed by atoms with E-state index in [4.69, 9.17) is 0 Å². The highest BCUT2D eigenvalue weighted by Gasteiger charge is 2.32. The standard InChI is InChI=1S/C12H21FN2/c1-11(2,3)8-9(12(4,5)6)15(7)14-10(8)13/h1-7H3. The third kappa shape index (κ3) is 2.21. The second-order valence-corrected chi connectivity index (χ2v) is 6.14. The predicted octanol–water partition coefficient (Wildman–Crippen LogP) is 3.15. The van der Waals surface area contributed by atoms with Gasteiger partial charge < -0.3 is 0 Å². The molecule has 0 N–H and O–H groups in total. The Labute approximate surface area is 91.5 Å². The number of hydrogen-bond acceptors (Lipinski definition) is 1. The van der Waals surface area contributed by atoms with E-state index >= 15 is 0 Å². The van der Waals surface area contributed by atoms with Crippen LogP contribution in [0.15, 0.2) is 0 Å². The fourth-order valence-electron chi connectivity index (χ4n) is 2.02. The van der Waals surface area contributed by atoms with Gasteiger partial charge in [-0.1, -0.05) is 41.5 Å². The maximum Gasteiger partial charge on any atom is 0.236 e. The van der Waals surface area contributed by atoms with Crippen molar-refractivity contribution in [3.05, 3.63) is 17.2 Å². The molecule has 0 aliphatic heterocycles. The number of aryl methyl sites for hydroxylation is 1. The number of aromatic nitrogens is 2. The van der Waals surface area contributed by atoms with Crippen LogP contribution in [0.25, 0.3) is 0 Å². The minimum absolute atomic E-state index is 0.0886. The summed E-state index contributed by atoms with van der Waals surface area (Å²) in [6.45, 7) is 12.3. The molecular formula is C12H21FN2. The summed E-state index contributed by atoms with van der Waals surface area (Å²) in [6, 6.07) is 0. The van der Waals surface area contributed by atoms with Crippen LogP contribution in [0.4, 0.5) is 4.39 Å². The van der Waals surface area contributed by atoms with Crippen molar-refractivity contribution in [1.82, 2.24) is 9.78 Å². The highest BCUT2D eigenvalue weighted by Crippen LogP contribution is 2.34. The Kier molecular flexibility index (Phi) is 2.71. The minimum Gasteiger partial charge on any atom is -0.269 e. The van der Waals surface area contributed by atoms with Gasteiger partial charge in [0.2, 0.25) is 5.95 Å². The largest absolute Gasteiger partial charge is 0.269 e. The van der Waals surface area contributed by atoms with Gasteiger partial charge in [-0.2, -0.15) is 4.39 Å². The van der Waals surface area contributed by atoms with Crippen LogP contribution in [0.1, 0.15) is 52.8 Å². The molecule has 0 saturated heterocycles. The van der Waals surface area contributed by atoms with Gasteiger partial charge in [0, 0.05) is 18.0 Å². The maximum absolute atomic E-state index is 13.8. The quantitative estimate of drug-likeness (QED) is 0.646. The molecule has 0 aliphatic carbocycles. The van der Waals surface area contributed by atoms with Crippen LogP contribution < -0.4 is 0 Å². The Balaban J connectivity index is 3.51. The van der Waals surface area contributed by atoms with E-state index in [0.717, 1.165) is 11.3 Å². The van der Waals surface area contributed by atoms with Gasteiger partial charge in [-0.05, 0) is 5.41 Å². The van der Waals surface area contributed by atoms with Gasteiger partial charge in [-0.3, -0.25) is 4.68 Å². The molecular weight excluding hydrogens is 191 g/mol. The molecule has 15 heavy (non-hydrogen) atoms. The molecule has 0 aliphatic rings. The Morgan fingerprint density at radius 1 is 1.00 bits per heavy atom. The fourth-order valence-corrected chi connectivity index (χ4v) is 2.02. The van der Waals surface area contributed by atoms with E-state index < -0.39 is 0 Å². The molecule has 1 rings (SSSR count). The first-order valence-corrected chi connectivity index (χ1v) is 5.28. The van der Waals surface area contributed by atoms with E-state index in [0.29, 0.717) is 0 Å². The number of nitrogens with zero attached hydrogens (tertiary/aromatic N) is 2. The number of rotatable bonds is 0. The molecule has 0 spiro atoms. The molecule has 0 fully saturated rings. The summed E-state index contributed by atoms with van der Waals surface area (Å²) in [5.41, 5.74) is 1.42. The van der Waals surface area contributed by atoms with Gasteiger partial charge in [0.1, 0.15) is 0 Å². The molecule has 0 amide bonds. The Bertz CT molecular complexity index is 330. The summed E-state index contributed by atoms with van der Waals surface area (Å²) in [5.74, 6) is -0.338. The minimum atomic E-state index is -0.338. The second kappa shape index (κ2) is 3.32. The van der Waals surface area contributed by atoms with Crippen LogP contribution in [0.2, 0.25) is 0 Å². The van der Waals surface area contributed by atoms with Crippen molar-refractivity contribution in [2.24, 2.45) is 7.05 Å². The molecule has 0 radical (unpaired) electrons.